The van der Waals surface area contributed by atoms with Crippen molar-refractivity contribution in [2.45, 2.75) is 6.04 Å². The number of hydrogen-bond acceptors (Lipinski definition) is 7. The number of hydrogen-bond donors (Lipinski definition) is 2. The molecule has 126 valence electrons. The van der Waals surface area contributed by atoms with Gasteiger partial charge in [-0.2, -0.15) is 10.1 Å². The van der Waals surface area contributed by atoms with Crippen LogP contribution in [0.25, 0.3) is 0 Å². The first kappa shape index (κ1) is 15.7. The molecule has 0 saturated heterocycles. The number of nitrogens with zero attached hydrogens (tertiary/aromatic N) is 3. The van der Waals surface area contributed by atoms with E-state index in [2.05, 4.69) is 15.4 Å². The van der Waals surface area contributed by atoms with Crippen LogP contribution in [0.5, 0.6) is 17.2 Å². The van der Waals surface area contributed by atoms with Crippen molar-refractivity contribution in [2.24, 2.45) is 0 Å². The lowest BCUT2D eigenvalue weighted by molar-refractivity contribution is -0.132. The first-order valence-corrected chi connectivity index (χ1v) is 7.01. The number of carboxylic acids is 1. The molecule has 0 unspecified atom stereocenters. The number of methoxy groups -OCH3 is 3. The Hall–Kier alpha value is -3.23. The second-order valence-corrected chi connectivity index (χ2v) is 4.91. The van der Waals surface area contributed by atoms with Crippen LogP contribution in [0, 0.1) is 0 Å². The highest BCUT2D eigenvalue weighted by Gasteiger charge is 2.29. The largest absolute Gasteiger partial charge is 0.493 e. The van der Waals surface area contributed by atoms with Gasteiger partial charge in [0, 0.05) is 5.56 Å². The molecule has 1 atom stereocenters. The molecule has 24 heavy (non-hydrogen) atoms. The van der Waals surface area contributed by atoms with Crippen molar-refractivity contribution in [2.75, 3.05) is 26.6 Å². The molecule has 1 aliphatic heterocycles. The fourth-order valence-corrected chi connectivity index (χ4v) is 2.64. The highest BCUT2D eigenvalue weighted by Crippen LogP contribution is 2.44. The Balaban J connectivity index is 2.20. The summed E-state index contributed by atoms with van der Waals surface area (Å²) in [6.45, 7) is 0. The molecule has 0 spiro atoms. The van der Waals surface area contributed by atoms with E-state index in [0.717, 1.165) is 0 Å². The van der Waals surface area contributed by atoms with Crippen molar-refractivity contribution in [3.8, 4) is 17.2 Å². The molecule has 0 aliphatic carbocycles. The Labute approximate surface area is 137 Å². The van der Waals surface area contributed by atoms with E-state index >= 15 is 0 Å². The molecule has 1 aromatic heterocycles. The van der Waals surface area contributed by atoms with E-state index in [4.69, 9.17) is 14.2 Å². The van der Waals surface area contributed by atoms with Gasteiger partial charge in [-0.15, -0.1) is 0 Å². The number of allylic oxidation sites excluding steroid dienone is 1. The van der Waals surface area contributed by atoms with Crippen LogP contribution in [0.15, 0.2) is 30.2 Å². The summed E-state index contributed by atoms with van der Waals surface area (Å²) in [5, 5.41) is 16.2. The molecule has 2 heterocycles. The zero-order valence-corrected chi connectivity index (χ0v) is 13.3. The topological polar surface area (TPSA) is 108 Å². The molecule has 1 aliphatic rings. The maximum Gasteiger partial charge on any atom is 0.352 e. The Kier molecular flexibility index (Phi) is 3.98. The van der Waals surface area contributed by atoms with Gasteiger partial charge in [0.15, 0.2) is 11.5 Å². The number of fused-ring (bicyclic) bond motifs is 1. The molecule has 9 nitrogen and oxygen atoms in total. The molecule has 2 aromatic rings. The van der Waals surface area contributed by atoms with Gasteiger partial charge in [0.05, 0.1) is 21.3 Å². The van der Waals surface area contributed by atoms with Crippen LogP contribution >= 0.6 is 0 Å². The minimum atomic E-state index is -1.09. The normalized spacial score (nSPS) is 15.8. The Morgan fingerprint density at radius 1 is 1.21 bits per heavy atom. The molecule has 2 N–H and O–H groups in total. The number of carbonyl (C=O) groups is 1. The van der Waals surface area contributed by atoms with Crippen LogP contribution in [-0.2, 0) is 4.79 Å². The van der Waals surface area contributed by atoms with Crippen molar-refractivity contribution in [1.82, 2.24) is 14.8 Å². The average molecular weight is 332 g/mol. The van der Waals surface area contributed by atoms with Crippen molar-refractivity contribution in [1.29, 1.82) is 0 Å². The molecule has 0 saturated carbocycles. The molecule has 0 amide bonds. The zero-order chi connectivity index (χ0) is 17.3. The Bertz CT molecular complexity index is 814. The van der Waals surface area contributed by atoms with Crippen LogP contribution in [0.4, 0.5) is 5.95 Å². The van der Waals surface area contributed by atoms with Gasteiger partial charge in [-0.25, -0.2) is 9.48 Å². The number of benzene rings is 1. The first-order valence-electron chi connectivity index (χ1n) is 7.01. The van der Waals surface area contributed by atoms with Crippen molar-refractivity contribution >= 4 is 11.9 Å². The summed E-state index contributed by atoms with van der Waals surface area (Å²) in [4.78, 5) is 15.4. The summed E-state index contributed by atoms with van der Waals surface area (Å²) >= 11 is 0. The minimum absolute atomic E-state index is 0.0114. The van der Waals surface area contributed by atoms with E-state index in [1.54, 1.807) is 16.8 Å². The summed E-state index contributed by atoms with van der Waals surface area (Å²) < 4.78 is 17.7. The van der Waals surface area contributed by atoms with Gasteiger partial charge in [0.25, 0.3) is 0 Å². The zero-order valence-electron chi connectivity index (χ0n) is 13.3. The van der Waals surface area contributed by atoms with Crippen LogP contribution < -0.4 is 19.5 Å². The summed E-state index contributed by atoms with van der Waals surface area (Å²) in [7, 11) is 4.54. The fraction of sp³-hybridized carbons (Fsp3) is 0.267. The summed E-state index contributed by atoms with van der Waals surface area (Å²) in [6, 6.07) is 2.98. The SMILES string of the molecule is COc1ccc([C@@H]2C=C(C(=O)O)Nc3ncnn32)c(OC)c1OC. The van der Waals surface area contributed by atoms with E-state index < -0.39 is 12.0 Å². The molecular formula is C15H16N4O5. The Morgan fingerprint density at radius 3 is 2.58 bits per heavy atom. The van der Waals surface area contributed by atoms with Crippen LogP contribution in [0.1, 0.15) is 11.6 Å². The average Bonchev–Trinajstić information content (AvgIpc) is 3.07. The smallest absolute Gasteiger partial charge is 0.352 e. The summed E-state index contributed by atoms with van der Waals surface area (Å²) in [5.74, 6) is 0.605. The van der Waals surface area contributed by atoms with Gasteiger partial charge in [-0.05, 0) is 18.2 Å². The van der Waals surface area contributed by atoms with E-state index in [9.17, 15) is 9.90 Å². The summed E-state index contributed by atoms with van der Waals surface area (Å²) in [6.07, 6.45) is 2.88. The molecule has 0 fully saturated rings. The highest BCUT2D eigenvalue weighted by molar-refractivity contribution is 5.90. The number of rotatable bonds is 5. The van der Waals surface area contributed by atoms with E-state index in [0.29, 0.717) is 28.8 Å². The maximum absolute atomic E-state index is 11.4. The van der Waals surface area contributed by atoms with Gasteiger partial charge in [-0.3, -0.25) is 0 Å². The van der Waals surface area contributed by atoms with Gasteiger partial charge in [-0.1, -0.05) is 0 Å². The second kappa shape index (κ2) is 6.11. The monoisotopic (exact) mass is 332 g/mol. The third-order valence-electron chi connectivity index (χ3n) is 3.69. The minimum Gasteiger partial charge on any atom is -0.493 e. The molecular weight excluding hydrogens is 316 g/mol. The number of ether oxygens (including phenoxy) is 3. The van der Waals surface area contributed by atoms with E-state index in [1.165, 1.54) is 33.7 Å². The Morgan fingerprint density at radius 2 is 1.96 bits per heavy atom. The third-order valence-corrected chi connectivity index (χ3v) is 3.69. The predicted molar refractivity (Wildman–Crippen MR) is 83.6 cm³/mol. The van der Waals surface area contributed by atoms with E-state index in [1.807, 2.05) is 0 Å². The van der Waals surface area contributed by atoms with Crippen molar-refractivity contribution < 1.29 is 24.1 Å². The van der Waals surface area contributed by atoms with Gasteiger partial charge in [0.2, 0.25) is 11.7 Å². The highest BCUT2D eigenvalue weighted by atomic mass is 16.5. The van der Waals surface area contributed by atoms with E-state index in [-0.39, 0.29) is 5.70 Å². The van der Waals surface area contributed by atoms with Gasteiger partial charge in [0.1, 0.15) is 18.1 Å². The first-order chi connectivity index (χ1) is 11.6. The second-order valence-electron chi connectivity index (χ2n) is 4.91. The lowest BCUT2D eigenvalue weighted by Crippen LogP contribution is -2.24. The number of anilines is 1. The van der Waals surface area contributed by atoms with Crippen LogP contribution in [-0.4, -0.2) is 47.2 Å². The number of carboxylic acid groups (broad SMARTS) is 1. The lowest BCUT2D eigenvalue weighted by atomic mass is 10.0. The van der Waals surface area contributed by atoms with Crippen LogP contribution in [0.2, 0.25) is 0 Å². The number of aliphatic carboxylic acids is 1. The molecule has 3 rings (SSSR count). The molecule has 0 bridgehead atoms. The van der Waals surface area contributed by atoms with Crippen molar-refractivity contribution in [3.63, 3.8) is 0 Å². The van der Waals surface area contributed by atoms with Gasteiger partial charge < -0.3 is 24.6 Å². The third kappa shape index (κ3) is 2.39. The number of aromatic nitrogens is 3. The fourth-order valence-electron chi connectivity index (χ4n) is 2.64. The molecule has 0 radical (unpaired) electrons. The quantitative estimate of drug-likeness (QED) is 0.843. The van der Waals surface area contributed by atoms with Crippen LogP contribution in [0.3, 0.4) is 0 Å². The standard InChI is InChI=1S/C15H16N4O5/c1-22-11-5-4-8(12(23-2)13(11)24-3)10-6-9(14(20)21)18-15-16-7-17-19(10)15/h4-7,10H,1-3H3,(H,20,21)(H,16,17,18)/t10-/m0/s1. The predicted octanol–water partition coefficient (Wildman–Crippen LogP) is 1.29. The maximum atomic E-state index is 11.4. The van der Waals surface area contributed by atoms with Gasteiger partial charge >= 0.3 is 5.97 Å². The number of nitrogens with one attached hydrogen (secondary N) is 1. The van der Waals surface area contributed by atoms with Crippen molar-refractivity contribution in [3.05, 3.63) is 35.8 Å². The lowest BCUT2D eigenvalue weighted by Gasteiger charge is -2.25. The molecule has 9 heteroatoms. The summed E-state index contributed by atoms with van der Waals surface area (Å²) in [5.41, 5.74) is 0.680. The molecule has 1 aromatic carbocycles.